The van der Waals surface area contributed by atoms with Gasteiger partial charge in [0, 0.05) is 49.0 Å². The van der Waals surface area contributed by atoms with E-state index in [-0.39, 0.29) is 0 Å². The predicted molar refractivity (Wildman–Crippen MR) is 267 cm³/mol. The number of fused-ring (bicyclic) bond motifs is 12. The molecule has 0 unspecified atom stereocenters. The second-order valence-corrected chi connectivity index (χ2v) is 16.8. The second kappa shape index (κ2) is 13.8. The van der Waals surface area contributed by atoms with Gasteiger partial charge in [-0.15, -0.1) is 0 Å². The summed E-state index contributed by atoms with van der Waals surface area (Å²) in [7, 11) is 0. The van der Waals surface area contributed by atoms with E-state index in [2.05, 4.69) is 215 Å². The van der Waals surface area contributed by atoms with Crippen LogP contribution in [-0.2, 0) is 0 Å². The first kappa shape index (κ1) is 35.7. The van der Waals surface area contributed by atoms with Crippen molar-refractivity contribution in [3.63, 3.8) is 0 Å². The van der Waals surface area contributed by atoms with Crippen LogP contribution < -0.4 is 0 Å². The normalized spacial score (nSPS) is 12.0. The van der Waals surface area contributed by atoms with Gasteiger partial charge < -0.3 is 8.98 Å². The molecule has 0 fully saturated rings. The van der Waals surface area contributed by atoms with Crippen LogP contribution in [0.25, 0.3) is 133 Å². The summed E-state index contributed by atoms with van der Waals surface area (Å²) in [5.41, 5.74) is 10.6. The van der Waals surface area contributed by atoms with E-state index in [4.69, 9.17) is 19.4 Å². The van der Waals surface area contributed by atoms with Gasteiger partial charge >= 0.3 is 0 Å². The summed E-state index contributed by atoms with van der Waals surface area (Å²) in [5, 5.41) is 11.2. The fourth-order valence-electron chi connectivity index (χ4n) is 10.1. The monoisotopic (exact) mass is 829 g/mol. The lowest BCUT2D eigenvalue weighted by atomic mass is 10.0. The highest BCUT2D eigenvalue weighted by molar-refractivity contribution is 6.19. The number of para-hydroxylation sites is 3. The highest BCUT2D eigenvalue weighted by Gasteiger charge is 2.24. The summed E-state index contributed by atoms with van der Waals surface area (Å²) < 4.78 is 11.7. The molecule has 0 N–H and O–H groups in total. The molecular formula is C59H35N5O. The number of rotatable bonds is 5. The average Bonchev–Trinajstić information content (AvgIpc) is 4.03. The number of aromatic nitrogens is 5. The van der Waals surface area contributed by atoms with Crippen LogP contribution >= 0.6 is 0 Å². The van der Waals surface area contributed by atoms with E-state index in [1.807, 2.05) is 6.07 Å². The van der Waals surface area contributed by atoms with Crippen molar-refractivity contribution in [1.29, 1.82) is 0 Å². The second-order valence-electron chi connectivity index (χ2n) is 16.8. The summed E-state index contributed by atoms with van der Waals surface area (Å²) in [6, 6.07) is 75.1. The molecule has 10 aromatic carbocycles. The molecular weight excluding hydrogens is 795 g/mol. The molecule has 0 atom stereocenters. The van der Waals surface area contributed by atoms with Gasteiger partial charge in [0.2, 0.25) is 5.95 Å². The predicted octanol–water partition coefficient (Wildman–Crippen LogP) is 15.3. The summed E-state index contributed by atoms with van der Waals surface area (Å²) in [5.74, 6) is 1.60. The molecule has 6 nitrogen and oxygen atoms in total. The largest absolute Gasteiger partial charge is 0.455 e. The Morgan fingerprint density at radius 3 is 1.65 bits per heavy atom. The van der Waals surface area contributed by atoms with E-state index >= 15 is 0 Å². The van der Waals surface area contributed by atoms with Crippen LogP contribution in [0, 0.1) is 0 Å². The zero-order chi connectivity index (χ0) is 42.6. The van der Waals surface area contributed by atoms with E-state index in [9.17, 15) is 0 Å². The van der Waals surface area contributed by atoms with Crippen molar-refractivity contribution >= 4 is 87.1 Å². The molecule has 0 radical (unpaired) electrons. The zero-order valence-electron chi connectivity index (χ0n) is 34.9. The number of benzene rings is 10. The maximum Gasteiger partial charge on any atom is 0.238 e. The van der Waals surface area contributed by atoms with E-state index in [1.165, 1.54) is 21.5 Å². The SMILES string of the molecule is c1ccc(-c2cccc(-c3nc(-c4cc(-n5c6ccccc6c6cc7ccccc7cc65)cc5c4oc4c6ccccc6ccc54)nc(-n4c5ccccc5c5ccccc54)n3)c2)cc1. The fraction of sp³-hybridized carbons (Fsp3) is 0. The summed E-state index contributed by atoms with van der Waals surface area (Å²) in [6.45, 7) is 0. The lowest BCUT2D eigenvalue weighted by Crippen LogP contribution is -2.07. The first-order chi connectivity index (χ1) is 32.2. The van der Waals surface area contributed by atoms with E-state index < -0.39 is 0 Å². The van der Waals surface area contributed by atoms with Crippen LogP contribution in [0.2, 0.25) is 0 Å². The molecule has 0 aliphatic rings. The molecule has 0 spiro atoms. The molecule has 14 rings (SSSR count). The standard InChI is InChI=1S/C59H35N5O/c1-2-15-36(16-3-1)38-20-14-21-41(31-38)57-60-58(62-59(61-57)64-52-27-12-8-23-44(52)45-24-9-13-28-53(45)64)50-35-42(34-49-47-30-29-37-17-6-7-22-43(37)55(47)65-56(49)50)63-51-26-11-10-25-46(51)48-32-39-18-4-5-19-40(39)33-54(48)63/h1-35H. The lowest BCUT2D eigenvalue weighted by Gasteiger charge is -2.14. The Morgan fingerprint density at radius 2 is 0.892 bits per heavy atom. The molecule has 0 amide bonds. The number of hydrogen-bond acceptors (Lipinski definition) is 4. The van der Waals surface area contributed by atoms with Crippen LogP contribution in [0.4, 0.5) is 0 Å². The van der Waals surface area contributed by atoms with E-state index in [0.29, 0.717) is 17.6 Å². The third kappa shape index (κ3) is 5.44. The third-order valence-electron chi connectivity index (χ3n) is 13.1. The average molecular weight is 830 g/mol. The first-order valence-electron chi connectivity index (χ1n) is 21.9. The highest BCUT2D eigenvalue weighted by atomic mass is 16.3. The zero-order valence-corrected chi connectivity index (χ0v) is 34.9. The summed E-state index contributed by atoms with van der Waals surface area (Å²) in [4.78, 5) is 16.3. The van der Waals surface area contributed by atoms with E-state index in [0.717, 1.165) is 93.5 Å². The van der Waals surface area contributed by atoms with Crippen LogP contribution in [0.5, 0.6) is 0 Å². The van der Waals surface area contributed by atoms with Crippen LogP contribution in [-0.4, -0.2) is 24.1 Å². The minimum absolute atomic E-state index is 0.512. The smallest absolute Gasteiger partial charge is 0.238 e. The van der Waals surface area contributed by atoms with Crippen molar-refractivity contribution < 1.29 is 4.42 Å². The van der Waals surface area contributed by atoms with Gasteiger partial charge in [-0.25, -0.2) is 4.98 Å². The number of nitrogens with zero attached hydrogens (tertiary/aromatic N) is 5. The van der Waals surface area contributed by atoms with Gasteiger partial charge in [-0.1, -0.05) is 158 Å². The fourth-order valence-corrected chi connectivity index (χ4v) is 10.1. The number of furan rings is 1. The minimum atomic E-state index is 0.512. The highest BCUT2D eigenvalue weighted by Crippen LogP contribution is 2.43. The number of hydrogen-bond donors (Lipinski definition) is 0. The maximum absolute atomic E-state index is 7.13. The summed E-state index contributed by atoms with van der Waals surface area (Å²) >= 11 is 0. The minimum Gasteiger partial charge on any atom is -0.455 e. The molecule has 14 aromatic rings. The van der Waals surface area contributed by atoms with Gasteiger partial charge in [0.05, 0.1) is 27.6 Å². The van der Waals surface area contributed by atoms with Gasteiger partial charge in [0.1, 0.15) is 11.2 Å². The molecule has 302 valence electrons. The Labute approximate surface area is 371 Å². The quantitative estimate of drug-likeness (QED) is 0.173. The third-order valence-corrected chi connectivity index (χ3v) is 13.1. The lowest BCUT2D eigenvalue weighted by molar-refractivity contribution is 0.673. The van der Waals surface area contributed by atoms with Gasteiger partial charge in [-0.2, -0.15) is 9.97 Å². The molecule has 0 saturated heterocycles. The van der Waals surface area contributed by atoms with Crippen molar-refractivity contribution in [1.82, 2.24) is 24.1 Å². The first-order valence-corrected chi connectivity index (χ1v) is 21.9. The molecule has 0 saturated carbocycles. The van der Waals surface area contributed by atoms with Crippen molar-refractivity contribution in [3.05, 3.63) is 212 Å². The Balaban J connectivity index is 1.11. The molecule has 0 aliphatic carbocycles. The molecule has 0 aliphatic heterocycles. The molecule has 65 heavy (non-hydrogen) atoms. The Bertz CT molecular complexity index is 4200. The maximum atomic E-state index is 7.13. The molecule has 0 bridgehead atoms. The van der Waals surface area contributed by atoms with Gasteiger partial charge in [-0.05, 0) is 81.9 Å². The topological polar surface area (TPSA) is 61.7 Å². The Kier molecular flexibility index (Phi) is 7.59. The Hall–Kier alpha value is -8.87. The van der Waals surface area contributed by atoms with Crippen molar-refractivity contribution in [2.75, 3.05) is 0 Å². The van der Waals surface area contributed by atoms with Crippen LogP contribution in [0.15, 0.2) is 217 Å². The van der Waals surface area contributed by atoms with Crippen molar-refractivity contribution in [2.24, 2.45) is 0 Å². The summed E-state index contributed by atoms with van der Waals surface area (Å²) in [6.07, 6.45) is 0. The molecule has 4 heterocycles. The van der Waals surface area contributed by atoms with Gasteiger partial charge in [-0.3, -0.25) is 4.57 Å². The Morgan fingerprint density at radius 1 is 0.308 bits per heavy atom. The van der Waals surface area contributed by atoms with Gasteiger partial charge in [0.15, 0.2) is 11.6 Å². The molecule has 4 aromatic heterocycles. The van der Waals surface area contributed by atoms with Crippen LogP contribution in [0.3, 0.4) is 0 Å². The van der Waals surface area contributed by atoms with Gasteiger partial charge in [0.25, 0.3) is 0 Å². The molecule has 6 heteroatoms. The van der Waals surface area contributed by atoms with E-state index in [1.54, 1.807) is 0 Å². The van der Waals surface area contributed by atoms with Crippen LogP contribution in [0.1, 0.15) is 0 Å². The van der Waals surface area contributed by atoms with Crippen molar-refractivity contribution in [3.8, 4) is 45.5 Å². The van der Waals surface area contributed by atoms with Crippen molar-refractivity contribution in [2.45, 2.75) is 0 Å².